The quantitative estimate of drug-likeness (QED) is 0.286. The maximum Gasteiger partial charge on any atom is 0.339 e. The number of fused-ring (bicyclic) bond motifs is 1. The predicted octanol–water partition coefficient (Wildman–Crippen LogP) is 4.65. The Bertz CT molecular complexity index is 1480. The number of halogens is 1. The lowest BCUT2D eigenvalue weighted by atomic mass is 10.1. The van der Waals surface area contributed by atoms with E-state index in [9.17, 15) is 14.0 Å². The molecule has 5 aromatic rings. The number of hydrogen-bond acceptors (Lipinski definition) is 5. The number of pyridine rings is 1. The number of ether oxygens (including phenoxy) is 1. The zero-order valence-electron chi connectivity index (χ0n) is 17.9. The lowest BCUT2D eigenvalue weighted by molar-refractivity contribution is 0.0475. The van der Waals surface area contributed by atoms with Crippen LogP contribution in [0.4, 0.5) is 4.39 Å². The van der Waals surface area contributed by atoms with Crippen molar-refractivity contribution in [3.63, 3.8) is 0 Å². The molecular weight excluding hydrogens is 435 g/mol. The van der Waals surface area contributed by atoms with Gasteiger partial charge >= 0.3 is 5.97 Å². The van der Waals surface area contributed by atoms with E-state index in [1.54, 1.807) is 41.2 Å². The second kappa shape index (κ2) is 9.11. The fourth-order valence-electron chi connectivity index (χ4n) is 3.69. The summed E-state index contributed by atoms with van der Waals surface area (Å²) in [5, 5.41) is 4.87. The second-order valence-electron chi connectivity index (χ2n) is 7.67. The fraction of sp³-hybridized carbons (Fsp3) is 0.0769. The van der Waals surface area contributed by atoms with Crippen molar-refractivity contribution < 1.29 is 18.7 Å². The monoisotopic (exact) mass is 454 g/mol. The van der Waals surface area contributed by atoms with Crippen molar-refractivity contribution in [2.24, 2.45) is 0 Å². The predicted molar refractivity (Wildman–Crippen MR) is 124 cm³/mol. The van der Waals surface area contributed by atoms with Crippen molar-refractivity contribution in [1.82, 2.24) is 19.7 Å². The zero-order chi connectivity index (χ0) is 23.5. The van der Waals surface area contributed by atoms with Crippen molar-refractivity contribution >= 4 is 22.8 Å². The number of benzene rings is 2. The van der Waals surface area contributed by atoms with Gasteiger partial charge in [-0.05, 0) is 35.9 Å². The van der Waals surface area contributed by atoms with E-state index in [-0.39, 0.29) is 23.7 Å². The minimum absolute atomic E-state index is 0.244. The molecule has 2 aromatic carbocycles. The highest BCUT2D eigenvalue weighted by Crippen LogP contribution is 2.26. The van der Waals surface area contributed by atoms with Gasteiger partial charge in [0.25, 0.3) is 0 Å². The molecule has 7 nitrogen and oxygen atoms in total. The van der Waals surface area contributed by atoms with Crippen LogP contribution in [-0.2, 0) is 11.3 Å². The van der Waals surface area contributed by atoms with E-state index in [1.165, 1.54) is 18.3 Å². The molecule has 34 heavy (non-hydrogen) atoms. The summed E-state index contributed by atoms with van der Waals surface area (Å²) in [6.07, 6.45) is 3.15. The second-order valence-corrected chi connectivity index (χ2v) is 7.67. The molecule has 0 saturated heterocycles. The highest BCUT2D eigenvalue weighted by atomic mass is 19.1. The Balaban J connectivity index is 1.52. The molecule has 0 spiro atoms. The van der Waals surface area contributed by atoms with Crippen LogP contribution < -0.4 is 0 Å². The number of ketones is 1. The molecule has 0 aliphatic rings. The maximum absolute atomic E-state index is 13.7. The molecule has 0 fully saturated rings. The number of esters is 1. The number of Topliss-reactive ketones (excluding diaryl/α,β-unsaturated/α-hetero) is 1. The van der Waals surface area contributed by atoms with Gasteiger partial charge in [0.1, 0.15) is 5.82 Å². The third-order valence-electron chi connectivity index (χ3n) is 5.35. The average Bonchev–Trinajstić information content (AvgIpc) is 3.53. The van der Waals surface area contributed by atoms with Gasteiger partial charge < -0.3 is 9.72 Å². The Kier molecular flexibility index (Phi) is 5.70. The summed E-state index contributed by atoms with van der Waals surface area (Å²) in [5.41, 5.74) is 3.12. The standard InChI is InChI=1S/C26H19FN4O3/c27-19-9-4-6-17(12-19)15-31-25-21(14-29-31)20(13-23(30-25)18-7-2-1-3-8-18)26(33)34-16-24(32)22-10-5-11-28-22/h1-14,28H,15-16H2. The number of carbonyl (C=O) groups excluding carboxylic acids is 2. The van der Waals surface area contributed by atoms with Gasteiger partial charge in [-0.25, -0.2) is 18.9 Å². The van der Waals surface area contributed by atoms with Gasteiger partial charge in [0.15, 0.2) is 12.3 Å². The number of carbonyl (C=O) groups is 2. The van der Waals surface area contributed by atoms with Gasteiger partial charge in [0.2, 0.25) is 5.78 Å². The van der Waals surface area contributed by atoms with Crippen molar-refractivity contribution in [2.75, 3.05) is 6.61 Å². The van der Waals surface area contributed by atoms with Crippen molar-refractivity contribution in [1.29, 1.82) is 0 Å². The summed E-state index contributed by atoms with van der Waals surface area (Å²) in [4.78, 5) is 32.8. The third-order valence-corrected chi connectivity index (χ3v) is 5.35. The van der Waals surface area contributed by atoms with Gasteiger partial charge in [-0.15, -0.1) is 0 Å². The molecule has 3 aromatic heterocycles. The molecule has 0 aliphatic carbocycles. The number of aromatic nitrogens is 4. The molecule has 3 heterocycles. The van der Waals surface area contributed by atoms with Crippen LogP contribution in [0.2, 0.25) is 0 Å². The first-order valence-corrected chi connectivity index (χ1v) is 10.6. The molecule has 0 unspecified atom stereocenters. The normalized spacial score (nSPS) is 11.0. The molecule has 0 saturated carbocycles. The van der Waals surface area contributed by atoms with Crippen LogP contribution in [0.3, 0.4) is 0 Å². The summed E-state index contributed by atoms with van der Waals surface area (Å²) in [6, 6.07) is 20.6. The van der Waals surface area contributed by atoms with E-state index < -0.39 is 12.6 Å². The summed E-state index contributed by atoms with van der Waals surface area (Å²) in [6.45, 7) is -0.131. The van der Waals surface area contributed by atoms with Crippen LogP contribution in [0.1, 0.15) is 26.4 Å². The van der Waals surface area contributed by atoms with E-state index in [4.69, 9.17) is 9.72 Å². The molecular formula is C26H19FN4O3. The topological polar surface area (TPSA) is 89.9 Å². The summed E-state index contributed by atoms with van der Waals surface area (Å²) in [5.74, 6) is -1.34. The molecule has 0 bridgehead atoms. The molecule has 0 atom stereocenters. The molecule has 5 rings (SSSR count). The van der Waals surface area contributed by atoms with Crippen molar-refractivity contribution in [3.05, 3.63) is 108 Å². The maximum atomic E-state index is 13.7. The Hall–Kier alpha value is -4.59. The zero-order valence-corrected chi connectivity index (χ0v) is 17.9. The molecule has 0 radical (unpaired) electrons. The van der Waals surface area contributed by atoms with Crippen LogP contribution in [0.15, 0.2) is 85.2 Å². The van der Waals surface area contributed by atoms with Crippen molar-refractivity contribution in [2.45, 2.75) is 6.54 Å². The van der Waals surface area contributed by atoms with E-state index in [0.29, 0.717) is 28.0 Å². The van der Waals surface area contributed by atoms with Gasteiger partial charge in [-0.1, -0.05) is 42.5 Å². The Morgan fingerprint density at radius 3 is 2.62 bits per heavy atom. The SMILES string of the molecule is O=C(COC(=O)c1cc(-c2ccccc2)nc2c1cnn2Cc1cccc(F)c1)c1ccc[nH]1. The van der Waals surface area contributed by atoms with Crippen LogP contribution >= 0.6 is 0 Å². The van der Waals surface area contributed by atoms with E-state index >= 15 is 0 Å². The minimum atomic E-state index is -0.658. The molecule has 8 heteroatoms. The number of nitrogens with one attached hydrogen (secondary N) is 1. The van der Waals surface area contributed by atoms with Crippen LogP contribution in [-0.4, -0.2) is 38.1 Å². The lowest BCUT2D eigenvalue weighted by Crippen LogP contribution is -2.15. The minimum Gasteiger partial charge on any atom is -0.454 e. The first kappa shape index (κ1) is 21.3. The number of H-pyrrole nitrogens is 1. The first-order chi connectivity index (χ1) is 16.6. The summed E-state index contributed by atoms with van der Waals surface area (Å²) >= 11 is 0. The smallest absolute Gasteiger partial charge is 0.339 e. The van der Waals surface area contributed by atoms with Gasteiger partial charge in [0, 0.05) is 11.8 Å². The van der Waals surface area contributed by atoms with Crippen LogP contribution in [0, 0.1) is 5.82 Å². The highest BCUT2D eigenvalue weighted by molar-refractivity contribution is 6.05. The van der Waals surface area contributed by atoms with Crippen LogP contribution in [0.25, 0.3) is 22.3 Å². The third kappa shape index (κ3) is 4.33. The Morgan fingerprint density at radius 1 is 1.00 bits per heavy atom. The van der Waals surface area contributed by atoms with E-state index in [2.05, 4.69) is 10.1 Å². The van der Waals surface area contributed by atoms with Gasteiger partial charge in [-0.3, -0.25) is 4.79 Å². The first-order valence-electron chi connectivity index (χ1n) is 10.6. The fourth-order valence-corrected chi connectivity index (χ4v) is 3.69. The summed E-state index contributed by atoms with van der Waals surface area (Å²) in [7, 11) is 0. The highest BCUT2D eigenvalue weighted by Gasteiger charge is 2.20. The Labute approximate surface area is 193 Å². The number of nitrogens with zero attached hydrogens (tertiary/aromatic N) is 3. The van der Waals surface area contributed by atoms with Gasteiger partial charge in [0.05, 0.1) is 35.1 Å². The number of rotatable bonds is 7. The molecule has 168 valence electrons. The molecule has 1 N–H and O–H groups in total. The molecule has 0 amide bonds. The number of hydrogen-bond donors (Lipinski definition) is 1. The molecule has 0 aliphatic heterocycles. The lowest BCUT2D eigenvalue weighted by Gasteiger charge is -2.09. The van der Waals surface area contributed by atoms with Crippen molar-refractivity contribution in [3.8, 4) is 11.3 Å². The van der Waals surface area contributed by atoms with E-state index in [1.807, 2.05) is 30.3 Å². The van der Waals surface area contributed by atoms with Crippen LogP contribution in [0.5, 0.6) is 0 Å². The number of aromatic amines is 1. The summed E-state index contributed by atoms with van der Waals surface area (Å²) < 4.78 is 20.6. The van der Waals surface area contributed by atoms with Gasteiger partial charge in [-0.2, -0.15) is 5.10 Å². The van der Waals surface area contributed by atoms with E-state index in [0.717, 1.165) is 5.56 Å². The average molecular weight is 454 g/mol. The Morgan fingerprint density at radius 2 is 1.85 bits per heavy atom. The largest absolute Gasteiger partial charge is 0.454 e.